The van der Waals surface area contributed by atoms with Crippen LogP contribution >= 0.6 is 0 Å². The highest BCUT2D eigenvalue weighted by atomic mass is 16.3. The van der Waals surface area contributed by atoms with E-state index in [0.29, 0.717) is 13.1 Å². The van der Waals surface area contributed by atoms with Crippen LogP contribution in [-0.4, -0.2) is 36.3 Å². The van der Waals surface area contributed by atoms with E-state index in [0.717, 1.165) is 11.4 Å². The number of rotatable bonds is 5. The second-order valence-corrected chi connectivity index (χ2v) is 4.80. The first-order valence-electron chi connectivity index (χ1n) is 5.44. The van der Waals surface area contributed by atoms with Gasteiger partial charge in [0, 0.05) is 38.9 Å². The Bertz CT molecular complexity index is 331. The van der Waals surface area contributed by atoms with Gasteiger partial charge in [-0.2, -0.15) is 0 Å². The van der Waals surface area contributed by atoms with Gasteiger partial charge in [-0.25, -0.2) is 4.98 Å². The van der Waals surface area contributed by atoms with Crippen molar-refractivity contribution in [3.8, 4) is 0 Å². The van der Waals surface area contributed by atoms with Gasteiger partial charge in [0.1, 0.15) is 5.82 Å². The number of hydrogen-bond donors (Lipinski definition) is 2. The molecule has 2 N–H and O–H groups in total. The van der Waals surface area contributed by atoms with E-state index >= 15 is 0 Å². The number of hydrogen-bond acceptors (Lipinski definition) is 4. The van der Waals surface area contributed by atoms with E-state index in [4.69, 9.17) is 0 Å². The molecule has 0 bridgehead atoms. The summed E-state index contributed by atoms with van der Waals surface area (Å²) in [4.78, 5) is 6.30. The second-order valence-electron chi connectivity index (χ2n) is 4.80. The van der Waals surface area contributed by atoms with Gasteiger partial charge in [-0.3, -0.25) is 0 Å². The number of anilines is 1. The molecule has 1 aromatic rings. The smallest absolute Gasteiger partial charge is 0.132 e. The molecule has 1 rings (SSSR count). The van der Waals surface area contributed by atoms with Gasteiger partial charge in [0.2, 0.25) is 0 Å². The van der Waals surface area contributed by atoms with Crippen molar-refractivity contribution in [3.63, 3.8) is 0 Å². The standard InChI is InChI=1S/C12H21N3O/c1-12(2,16)9-13-8-10-6-5-7-14-11(10)15(3)4/h5-7,13,16H,8-9H2,1-4H3. The molecule has 4 heteroatoms. The molecular formula is C12H21N3O. The molecule has 90 valence electrons. The topological polar surface area (TPSA) is 48.4 Å². The molecule has 0 aliphatic carbocycles. The fourth-order valence-corrected chi connectivity index (χ4v) is 1.47. The van der Waals surface area contributed by atoms with Crippen LogP contribution in [-0.2, 0) is 6.54 Å². The highest BCUT2D eigenvalue weighted by molar-refractivity contribution is 5.44. The molecule has 0 saturated carbocycles. The number of nitrogens with one attached hydrogen (secondary N) is 1. The van der Waals surface area contributed by atoms with Crippen molar-refractivity contribution in [1.29, 1.82) is 0 Å². The molecule has 0 aromatic carbocycles. The van der Waals surface area contributed by atoms with Crippen molar-refractivity contribution in [2.75, 3.05) is 25.5 Å². The average Bonchev–Trinajstić information content (AvgIpc) is 2.16. The van der Waals surface area contributed by atoms with Crippen molar-refractivity contribution >= 4 is 5.82 Å². The monoisotopic (exact) mass is 223 g/mol. The minimum atomic E-state index is -0.680. The molecule has 0 atom stereocenters. The van der Waals surface area contributed by atoms with Gasteiger partial charge in [-0.05, 0) is 19.9 Å². The third-order valence-corrected chi connectivity index (χ3v) is 2.16. The summed E-state index contributed by atoms with van der Waals surface area (Å²) in [5.41, 5.74) is 0.456. The van der Waals surface area contributed by atoms with Gasteiger partial charge in [-0.15, -0.1) is 0 Å². The van der Waals surface area contributed by atoms with Crippen LogP contribution in [0, 0.1) is 0 Å². The third kappa shape index (κ3) is 4.16. The largest absolute Gasteiger partial charge is 0.389 e. The maximum absolute atomic E-state index is 9.59. The highest BCUT2D eigenvalue weighted by Gasteiger charge is 2.12. The molecule has 0 unspecified atom stereocenters. The number of aromatic nitrogens is 1. The molecule has 0 spiro atoms. The zero-order chi connectivity index (χ0) is 12.2. The normalized spacial score (nSPS) is 11.6. The summed E-state index contributed by atoms with van der Waals surface area (Å²) in [7, 11) is 3.95. The molecule has 16 heavy (non-hydrogen) atoms. The Hall–Kier alpha value is -1.13. The van der Waals surface area contributed by atoms with E-state index in [1.54, 1.807) is 20.0 Å². The number of pyridine rings is 1. The fraction of sp³-hybridized carbons (Fsp3) is 0.583. The lowest BCUT2D eigenvalue weighted by Crippen LogP contribution is -2.34. The minimum Gasteiger partial charge on any atom is -0.389 e. The number of nitrogens with zero attached hydrogens (tertiary/aromatic N) is 2. The summed E-state index contributed by atoms with van der Waals surface area (Å²) >= 11 is 0. The van der Waals surface area contributed by atoms with Crippen LogP contribution in [0.4, 0.5) is 5.82 Å². The Morgan fingerprint density at radius 3 is 2.69 bits per heavy atom. The molecule has 0 amide bonds. The molecule has 0 saturated heterocycles. The maximum atomic E-state index is 9.59. The van der Waals surface area contributed by atoms with E-state index in [2.05, 4.69) is 10.3 Å². The Balaban J connectivity index is 2.60. The number of aliphatic hydroxyl groups is 1. The lowest BCUT2D eigenvalue weighted by molar-refractivity contribution is 0.0795. The van der Waals surface area contributed by atoms with Gasteiger partial charge in [0.15, 0.2) is 0 Å². The van der Waals surface area contributed by atoms with Crippen LogP contribution in [0.3, 0.4) is 0 Å². The highest BCUT2D eigenvalue weighted by Crippen LogP contribution is 2.13. The van der Waals surface area contributed by atoms with Crippen molar-refractivity contribution in [2.45, 2.75) is 26.0 Å². The van der Waals surface area contributed by atoms with Crippen molar-refractivity contribution in [3.05, 3.63) is 23.9 Å². The summed E-state index contributed by atoms with van der Waals surface area (Å²) in [5, 5.41) is 12.8. The third-order valence-electron chi connectivity index (χ3n) is 2.16. The van der Waals surface area contributed by atoms with Gasteiger partial charge < -0.3 is 15.3 Å². The molecule has 0 fully saturated rings. The average molecular weight is 223 g/mol. The van der Waals surface area contributed by atoms with Gasteiger partial charge in [-0.1, -0.05) is 6.07 Å². The van der Waals surface area contributed by atoms with E-state index < -0.39 is 5.60 Å². The molecule has 4 nitrogen and oxygen atoms in total. The first-order chi connectivity index (χ1) is 7.40. The summed E-state index contributed by atoms with van der Waals surface area (Å²) < 4.78 is 0. The minimum absolute atomic E-state index is 0.564. The molecule has 0 aliphatic heterocycles. The SMILES string of the molecule is CN(C)c1ncccc1CNCC(C)(C)O. The van der Waals surface area contributed by atoms with E-state index in [1.807, 2.05) is 31.1 Å². The molecule has 1 aromatic heterocycles. The molecule has 0 aliphatic rings. The van der Waals surface area contributed by atoms with Gasteiger partial charge >= 0.3 is 0 Å². The van der Waals surface area contributed by atoms with Crippen LogP contribution in [0.5, 0.6) is 0 Å². The van der Waals surface area contributed by atoms with E-state index in [-0.39, 0.29) is 0 Å². The fourth-order valence-electron chi connectivity index (χ4n) is 1.47. The van der Waals surface area contributed by atoms with Crippen LogP contribution in [0.15, 0.2) is 18.3 Å². The zero-order valence-corrected chi connectivity index (χ0v) is 10.5. The second kappa shape index (κ2) is 5.27. The summed E-state index contributed by atoms with van der Waals surface area (Å²) in [6, 6.07) is 3.97. The summed E-state index contributed by atoms with van der Waals surface area (Å²) in [5.74, 6) is 0.964. The Kier molecular flexibility index (Phi) is 4.26. The lowest BCUT2D eigenvalue weighted by atomic mass is 10.1. The van der Waals surface area contributed by atoms with E-state index in [9.17, 15) is 5.11 Å². The first-order valence-corrected chi connectivity index (χ1v) is 5.44. The Morgan fingerprint density at radius 1 is 1.44 bits per heavy atom. The molecule has 1 heterocycles. The predicted molar refractivity (Wildman–Crippen MR) is 66.6 cm³/mol. The zero-order valence-electron chi connectivity index (χ0n) is 10.5. The lowest BCUT2D eigenvalue weighted by Gasteiger charge is -2.20. The van der Waals surface area contributed by atoms with Crippen molar-refractivity contribution in [2.24, 2.45) is 0 Å². The van der Waals surface area contributed by atoms with Crippen molar-refractivity contribution < 1.29 is 5.11 Å². The van der Waals surface area contributed by atoms with Crippen LogP contribution in [0.2, 0.25) is 0 Å². The van der Waals surface area contributed by atoms with E-state index in [1.165, 1.54) is 0 Å². The van der Waals surface area contributed by atoms with Crippen LogP contribution in [0.25, 0.3) is 0 Å². The van der Waals surface area contributed by atoms with Crippen LogP contribution < -0.4 is 10.2 Å². The summed E-state index contributed by atoms with van der Waals surface area (Å²) in [6.07, 6.45) is 1.79. The van der Waals surface area contributed by atoms with Crippen LogP contribution in [0.1, 0.15) is 19.4 Å². The molecular weight excluding hydrogens is 202 g/mol. The Labute approximate surface area is 97.3 Å². The maximum Gasteiger partial charge on any atom is 0.132 e. The summed E-state index contributed by atoms with van der Waals surface area (Å²) in [6.45, 7) is 4.85. The van der Waals surface area contributed by atoms with Crippen molar-refractivity contribution in [1.82, 2.24) is 10.3 Å². The van der Waals surface area contributed by atoms with Gasteiger partial charge in [0.25, 0.3) is 0 Å². The first kappa shape index (κ1) is 12.9. The predicted octanol–water partition coefficient (Wildman–Crippen LogP) is 1.01. The quantitative estimate of drug-likeness (QED) is 0.782. The Morgan fingerprint density at radius 2 is 2.12 bits per heavy atom. The molecule has 0 radical (unpaired) electrons. The van der Waals surface area contributed by atoms with Gasteiger partial charge in [0.05, 0.1) is 5.60 Å².